The van der Waals surface area contributed by atoms with Crippen LogP contribution < -0.4 is 10.6 Å². The van der Waals surface area contributed by atoms with Crippen molar-refractivity contribution in [1.82, 2.24) is 10.6 Å². The molecule has 0 aliphatic carbocycles. The topological polar surface area (TPSA) is 128 Å². The van der Waals surface area contributed by atoms with E-state index >= 15 is 0 Å². The van der Waals surface area contributed by atoms with Gasteiger partial charge in [0.1, 0.15) is 5.60 Å². The molecule has 182 valence electrons. The van der Waals surface area contributed by atoms with Gasteiger partial charge in [0.15, 0.2) is 11.6 Å². The minimum Gasteiger partial charge on any atom is -0.466 e. The van der Waals surface area contributed by atoms with E-state index in [4.69, 9.17) is 9.47 Å². The van der Waals surface area contributed by atoms with Gasteiger partial charge in [-0.2, -0.15) is 0 Å². The van der Waals surface area contributed by atoms with Crippen molar-refractivity contribution in [2.24, 2.45) is 0 Å². The standard InChI is InChI=1S/C24H34N2O7/c1-5-32-22(30)14-12-20(28)19(15-17-9-7-6-8-10-17)26-21(29)13-11-18(27)16-25-23(31)33-24(2,3)4/h6-10,19H,5,11-16H2,1-4H3,(H,25,31)(H,26,29)/t19-/m0/s1. The number of ether oxygens (including phenoxy) is 2. The van der Waals surface area contributed by atoms with Gasteiger partial charge in [-0.3, -0.25) is 19.2 Å². The summed E-state index contributed by atoms with van der Waals surface area (Å²) in [6.45, 7) is 6.78. The monoisotopic (exact) mass is 462 g/mol. The third-order valence-electron chi connectivity index (χ3n) is 4.35. The Morgan fingerprint density at radius 1 is 0.939 bits per heavy atom. The first-order chi connectivity index (χ1) is 15.5. The number of Topliss-reactive ketones (excluding diaryl/α,β-unsaturated/α-hetero) is 2. The van der Waals surface area contributed by atoms with Crippen molar-refractivity contribution in [1.29, 1.82) is 0 Å². The maximum absolute atomic E-state index is 12.7. The molecule has 1 aromatic carbocycles. The quantitative estimate of drug-likeness (QED) is 0.431. The normalized spacial score (nSPS) is 11.8. The average Bonchev–Trinajstić information content (AvgIpc) is 2.74. The molecule has 2 N–H and O–H groups in total. The predicted molar refractivity (Wildman–Crippen MR) is 121 cm³/mol. The summed E-state index contributed by atoms with van der Waals surface area (Å²) in [7, 11) is 0. The van der Waals surface area contributed by atoms with Crippen molar-refractivity contribution in [3.8, 4) is 0 Å². The number of benzene rings is 1. The molecular weight excluding hydrogens is 428 g/mol. The van der Waals surface area contributed by atoms with E-state index in [9.17, 15) is 24.0 Å². The van der Waals surface area contributed by atoms with Crippen molar-refractivity contribution in [2.75, 3.05) is 13.2 Å². The van der Waals surface area contributed by atoms with E-state index in [1.165, 1.54) is 0 Å². The van der Waals surface area contributed by atoms with Crippen LogP contribution in [-0.4, -0.2) is 54.3 Å². The second-order valence-electron chi connectivity index (χ2n) is 8.48. The fourth-order valence-electron chi connectivity index (χ4n) is 2.82. The molecule has 0 fully saturated rings. The number of alkyl carbamates (subject to hydrolysis) is 1. The molecule has 9 heteroatoms. The summed E-state index contributed by atoms with van der Waals surface area (Å²) in [5.41, 5.74) is 0.172. The van der Waals surface area contributed by atoms with E-state index in [1.807, 2.05) is 30.3 Å². The molecule has 1 atom stereocenters. The van der Waals surface area contributed by atoms with Gasteiger partial charge in [0.25, 0.3) is 0 Å². The number of hydrogen-bond donors (Lipinski definition) is 2. The lowest BCUT2D eigenvalue weighted by Crippen LogP contribution is -2.43. The van der Waals surface area contributed by atoms with Gasteiger partial charge >= 0.3 is 12.1 Å². The lowest BCUT2D eigenvalue weighted by atomic mass is 9.99. The Kier molecular flexibility index (Phi) is 11.8. The highest BCUT2D eigenvalue weighted by Gasteiger charge is 2.23. The van der Waals surface area contributed by atoms with Crippen LogP contribution in [0.3, 0.4) is 0 Å². The zero-order chi connectivity index (χ0) is 24.9. The number of carbonyl (C=O) groups is 5. The van der Waals surface area contributed by atoms with Gasteiger partial charge in [-0.15, -0.1) is 0 Å². The van der Waals surface area contributed by atoms with Crippen molar-refractivity contribution in [2.45, 2.75) is 71.4 Å². The maximum Gasteiger partial charge on any atom is 0.408 e. The Hall–Kier alpha value is -3.23. The van der Waals surface area contributed by atoms with Gasteiger partial charge in [-0.25, -0.2) is 4.79 Å². The summed E-state index contributed by atoms with van der Waals surface area (Å²) < 4.78 is 9.90. The fraction of sp³-hybridized carbons (Fsp3) is 0.542. The van der Waals surface area contributed by atoms with E-state index in [0.29, 0.717) is 0 Å². The Morgan fingerprint density at radius 2 is 1.61 bits per heavy atom. The van der Waals surface area contributed by atoms with Gasteiger partial charge in [0.05, 0.1) is 25.6 Å². The first-order valence-electron chi connectivity index (χ1n) is 11.0. The molecule has 0 saturated carbocycles. The van der Waals surface area contributed by atoms with Crippen LogP contribution in [0.2, 0.25) is 0 Å². The van der Waals surface area contributed by atoms with Crippen molar-refractivity contribution in [3.63, 3.8) is 0 Å². The summed E-state index contributed by atoms with van der Waals surface area (Å²) >= 11 is 0. The molecule has 0 radical (unpaired) electrons. The second kappa shape index (κ2) is 14.0. The van der Waals surface area contributed by atoms with Crippen molar-refractivity contribution >= 4 is 29.5 Å². The molecule has 0 unspecified atom stereocenters. The average molecular weight is 463 g/mol. The third kappa shape index (κ3) is 13.0. The molecule has 0 heterocycles. The predicted octanol–water partition coefficient (Wildman–Crippen LogP) is 2.50. The molecule has 0 aliphatic rings. The molecule has 0 bridgehead atoms. The first-order valence-corrected chi connectivity index (χ1v) is 11.0. The highest BCUT2D eigenvalue weighted by atomic mass is 16.6. The van der Waals surface area contributed by atoms with Crippen molar-refractivity contribution < 1.29 is 33.4 Å². The van der Waals surface area contributed by atoms with Gasteiger partial charge < -0.3 is 20.1 Å². The summed E-state index contributed by atoms with van der Waals surface area (Å²) in [4.78, 5) is 60.3. The lowest BCUT2D eigenvalue weighted by molar-refractivity contribution is -0.144. The van der Waals surface area contributed by atoms with Crippen LogP contribution >= 0.6 is 0 Å². The smallest absolute Gasteiger partial charge is 0.408 e. The SMILES string of the molecule is CCOC(=O)CCC(=O)[C@H](Cc1ccccc1)NC(=O)CCC(=O)CNC(=O)OC(C)(C)C. The van der Waals surface area contributed by atoms with Crippen LogP contribution in [-0.2, 0) is 35.1 Å². The number of amides is 2. The molecule has 33 heavy (non-hydrogen) atoms. The summed E-state index contributed by atoms with van der Waals surface area (Å²) in [5, 5.41) is 5.02. The minimum absolute atomic E-state index is 0.0602. The second-order valence-corrected chi connectivity index (χ2v) is 8.48. The van der Waals surface area contributed by atoms with Gasteiger partial charge in [-0.1, -0.05) is 30.3 Å². The molecule has 0 spiro atoms. The van der Waals surface area contributed by atoms with Crippen LogP contribution in [0.25, 0.3) is 0 Å². The van der Waals surface area contributed by atoms with Crippen LogP contribution in [0, 0.1) is 0 Å². The minimum atomic E-state index is -0.829. The molecule has 1 rings (SSSR count). The number of carbonyl (C=O) groups excluding carboxylic acids is 5. The largest absolute Gasteiger partial charge is 0.466 e. The van der Waals surface area contributed by atoms with Gasteiger partial charge in [-0.05, 0) is 39.7 Å². The maximum atomic E-state index is 12.7. The van der Waals surface area contributed by atoms with E-state index in [2.05, 4.69) is 10.6 Å². The molecule has 9 nitrogen and oxygen atoms in total. The van der Waals surface area contributed by atoms with Crippen LogP contribution in [0.1, 0.15) is 58.9 Å². The Balaban J connectivity index is 2.58. The Labute approximate surface area is 194 Å². The zero-order valence-electron chi connectivity index (χ0n) is 19.8. The highest BCUT2D eigenvalue weighted by molar-refractivity contribution is 5.92. The van der Waals surface area contributed by atoms with Crippen molar-refractivity contribution in [3.05, 3.63) is 35.9 Å². The lowest BCUT2D eigenvalue weighted by Gasteiger charge is -2.19. The van der Waals surface area contributed by atoms with Crippen LogP contribution in [0.5, 0.6) is 0 Å². The fourth-order valence-corrected chi connectivity index (χ4v) is 2.82. The third-order valence-corrected chi connectivity index (χ3v) is 4.35. The van der Waals surface area contributed by atoms with Crippen LogP contribution in [0.4, 0.5) is 4.79 Å². The number of rotatable bonds is 13. The van der Waals surface area contributed by atoms with E-state index in [0.717, 1.165) is 5.56 Å². The highest BCUT2D eigenvalue weighted by Crippen LogP contribution is 2.09. The van der Waals surface area contributed by atoms with E-state index < -0.39 is 29.6 Å². The molecule has 2 amide bonds. The van der Waals surface area contributed by atoms with E-state index in [1.54, 1.807) is 27.7 Å². The molecule has 1 aromatic rings. The number of nitrogens with one attached hydrogen (secondary N) is 2. The number of hydrogen-bond acceptors (Lipinski definition) is 7. The Bertz CT molecular complexity index is 816. The first kappa shape index (κ1) is 27.8. The molecule has 0 aromatic heterocycles. The molecular formula is C24H34N2O7. The van der Waals surface area contributed by atoms with Gasteiger partial charge in [0.2, 0.25) is 5.91 Å². The number of esters is 1. The molecule has 0 aliphatic heterocycles. The zero-order valence-corrected chi connectivity index (χ0v) is 19.8. The Morgan fingerprint density at radius 3 is 2.21 bits per heavy atom. The summed E-state index contributed by atoms with van der Waals surface area (Å²) in [6.07, 6.45) is -0.807. The summed E-state index contributed by atoms with van der Waals surface area (Å²) in [5.74, 6) is -1.58. The molecule has 0 saturated heterocycles. The van der Waals surface area contributed by atoms with Crippen LogP contribution in [0.15, 0.2) is 30.3 Å². The van der Waals surface area contributed by atoms with E-state index in [-0.39, 0.29) is 56.8 Å². The van der Waals surface area contributed by atoms with Gasteiger partial charge in [0, 0.05) is 19.3 Å². The number of ketones is 2. The summed E-state index contributed by atoms with van der Waals surface area (Å²) in [6, 6.07) is 8.34.